The van der Waals surface area contributed by atoms with Crippen LogP contribution in [0, 0.1) is 11.8 Å². The number of nitrogens with two attached hydrogens (primary N) is 1. The van der Waals surface area contributed by atoms with Gasteiger partial charge in [0.15, 0.2) is 0 Å². The molecular weight excluding hydrogens is 280 g/mol. The van der Waals surface area contributed by atoms with Crippen molar-refractivity contribution in [2.45, 2.75) is 75.8 Å². The fourth-order valence-electron chi connectivity index (χ4n) is 4.30. The lowest BCUT2D eigenvalue weighted by Gasteiger charge is -2.34. The van der Waals surface area contributed by atoms with Gasteiger partial charge >= 0.3 is 0 Å². The van der Waals surface area contributed by atoms with E-state index >= 15 is 0 Å². The zero-order chi connectivity index (χ0) is 14.7. The molecule has 3 N–H and O–H groups in total. The van der Waals surface area contributed by atoms with Gasteiger partial charge in [-0.2, -0.15) is 11.8 Å². The first-order valence-corrected chi connectivity index (χ1v) is 10.0. The molecule has 120 valence electrons. The topological polar surface area (TPSA) is 55.1 Å². The second kappa shape index (κ2) is 6.91. The van der Waals surface area contributed by atoms with Crippen molar-refractivity contribution in [3.05, 3.63) is 0 Å². The fourth-order valence-corrected chi connectivity index (χ4v) is 5.58. The van der Waals surface area contributed by atoms with E-state index < -0.39 is 0 Å². The third kappa shape index (κ3) is 3.76. The van der Waals surface area contributed by atoms with Crippen molar-refractivity contribution in [1.82, 2.24) is 5.32 Å². The van der Waals surface area contributed by atoms with Crippen LogP contribution < -0.4 is 11.1 Å². The quantitative estimate of drug-likeness (QED) is 0.677. The van der Waals surface area contributed by atoms with E-state index in [0.717, 1.165) is 25.2 Å². The molecule has 0 aromatic heterocycles. The summed E-state index contributed by atoms with van der Waals surface area (Å²) >= 11 is 2.10. The molecule has 0 saturated heterocycles. The lowest BCUT2D eigenvalue weighted by Crippen LogP contribution is -2.58. The lowest BCUT2D eigenvalue weighted by molar-refractivity contribution is -0.126. The van der Waals surface area contributed by atoms with Crippen molar-refractivity contribution in [2.24, 2.45) is 17.6 Å². The number of amides is 1. The standard InChI is InChI=1S/C17H30N2OS/c18-16(20)17(19-15-7-8-15)10-3-6-14(17)9-11-21-12-13-4-1-2-5-13/h13-15,19H,1-12H2,(H2,18,20). The second-order valence-corrected chi connectivity index (χ2v) is 8.51. The highest BCUT2D eigenvalue weighted by molar-refractivity contribution is 7.99. The van der Waals surface area contributed by atoms with Crippen LogP contribution in [-0.4, -0.2) is 29.0 Å². The molecule has 2 atom stereocenters. The molecule has 0 heterocycles. The zero-order valence-corrected chi connectivity index (χ0v) is 13.9. The van der Waals surface area contributed by atoms with E-state index in [1.54, 1.807) is 0 Å². The predicted octanol–water partition coefficient (Wildman–Crippen LogP) is 3.08. The van der Waals surface area contributed by atoms with Gasteiger partial charge in [-0.1, -0.05) is 19.3 Å². The Balaban J connectivity index is 1.46. The minimum atomic E-state index is -0.380. The molecule has 1 amide bonds. The molecule has 3 saturated carbocycles. The molecule has 3 fully saturated rings. The van der Waals surface area contributed by atoms with E-state index in [2.05, 4.69) is 17.1 Å². The van der Waals surface area contributed by atoms with E-state index in [9.17, 15) is 4.79 Å². The maximum absolute atomic E-state index is 12.1. The Morgan fingerprint density at radius 1 is 1.14 bits per heavy atom. The summed E-state index contributed by atoms with van der Waals surface area (Å²) in [4.78, 5) is 12.1. The summed E-state index contributed by atoms with van der Waals surface area (Å²) in [7, 11) is 0. The summed E-state index contributed by atoms with van der Waals surface area (Å²) < 4.78 is 0. The molecule has 21 heavy (non-hydrogen) atoms. The molecule has 3 nitrogen and oxygen atoms in total. The Kier molecular flexibility index (Phi) is 5.15. The van der Waals surface area contributed by atoms with Crippen LogP contribution in [-0.2, 0) is 4.79 Å². The number of hydrogen-bond donors (Lipinski definition) is 2. The summed E-state index contributed by atoms with van der Waals surface area (Å²) in [5, 5.41) is 3.61. The molecule has 2 unspecified atom stereocenters. The van der Waals surface area contributed by atoms with Crippen LogP contribution in [0.25, 0.3) is 0 Å². The smallest absolute Gasteiger partial charge is 0.238 e. The SMILES string of the molecule is NC(=O)C1(NC2CC2)CCCC1CCSCC1CCCC1. The van der Waals surface area contributed by atoms with E-state index in [1.165, 1.54) is 56.5 Å². The van der Waals surface area contributed by atoms with Gasteiger partial charge in [0.25, 0.3) is 0 Å². The van der Waals surface area contributed by atoms with Gasteiger partial charge in [-0.15, -0.1) is 0 Å². The highest BCUT2D eigenvalue weighted by Gasteiger charge is 2.49. The van der Waals surface area contributed by atoms with Crippen LogP contribution >= 0.6 is 11.8 Å². The van der Waals surface area contributed by atoms with Gasteiger partial charge in [0.1, 0.15) is 5.54 Å². The lowest BCUT2D eigenvalue weighted by atomic mass is 9.84. The number of carbonyl (C=O) groups excluding carboxylic acids is 1. The van der Waals surface area contributed by atoms with E-state index in [-0.39, 0.29) is 11.4 Å². The first-order valence-electron chi connectivity index (χ1n) is 8.86. The number of primary amides is 1. The highest BCUT2D eigenvalue weighted by Crippen LogP contribution is 2.41. The molecule has 3 rings (SSSR count). The Morgan fingerprint density at radius 2 is 1.90 bits per heavy atom. The van der Waals surface area contributed by atoms with Gasteiger partial charge in [-0.25, -0.2) is 0 Å². The molecule has 4 heteroatoms. The van der Waals surface area contributed by atoms with Crippen LogP contribution in [0.1, 0.15) is 64.2 Å². The van der Waals surface area contributed by atoms with Gasteiger partial charge in [0, 0.05) is 6.04 Å². The maximum atomic E-state index is 12.1. The van der Waals surface area contributed by atoms with Crippen LogP contribution in [0.2, 0.25) is 0 Å². The Morgan fingerprint density at radius 3 is 2.57 bits per heavy atom. The summed E-state index contributed by atoms with van der Waals surface area (Å²) in [5.41, 5.74) is 5.41. The molecule has 3 aliphatic carbocycles. The van der Waals surface area contributed by atoms with Crippen LogP contribution in [0.4, 0.5) is 0 Å². The third-order valence-electron chi connectivity index (χ3n) is 5.74. The van der Waals surface area contributed by atoms with Crippen molar-refractivity contribution in [3.63, 3.8) is 0 Å². The molecule has 3 aliphatic rings. The Labute approximate surface area is 133 Å². The number of thioether (sulfide) groups is 1. The van der Waals surface area contributed by atoms with Gasteiger partial charge in [-0.05, 0) is 68.3 Å². The number of hydrogen-bond acceptors (Lipinski definition) is 3. The van der Waals surface area contributed by atoms with Gasteiger partial charge in [0.05, 0.1) is 0 Å². The summed E-state index contributed by atoms with van der Waals surface area (Å²) in [6.07, 6.45) is 12.6. The van der Waals surface area contributed by atoms with Crippen LogP contribution in [0.15, 0.2) is 0 Å². The largest absolute Gasteiger partial charge is 0.368 e. The third-order valence-corrected chi connectivity index (χ3v) is 6.97. The number of carbonyl (C=O) groups is 1. The maximum Gasteiger partial charge on any atom is 0.238 e. The Hall–Kier alpha value is -0.220. The van der Waals surface area contributed by atoms with Crippen molar-refractivity contribution in [1.29, 1.82) is 0 Å². The number of rotatable bonds is 8. The average Bonchev–Trinajstić information content (AvgIpc) is 2.97. The van der Waals surface area contributed by atoms with E-state index in [0.29, 0.717) is 12.0 Å². The predicted molar refractivity (Wildman–Crippen MR) is 89.3 cm³/mol. The van der Waals surface area contributed by atoms with Crippen molar-refractivity contribution in [2.75, 3.05) is 11.5 Å². The zero-order valence-electron chi connectivity index (χ0n) is 13.1. The van der Waals surface area contributed by atoms with Crippen molar-refractivity contribution < 1.29 is 4.79 Å². The number of nitrogens with one attached hydrogen (secondary N) is 1. The van der Waals surface area contributed by atoms with Gasteiger partial charge < -0.3 is 11.1 Å². The van der Waals surface area contributed by atoms with E-state index in [1.807, 2.05) is 0 Å². The molecule has 0 aromatic carbocycles. The molecule has 0 aromatic rings. The first kappa shape index (κ1) is 15.7. The summed E-state index contributed by atoms with van der Waals surface area (Å²) in [6, 6.07) is 0.559. The van der Waals surface area contributed by atoms with E-state index in [4.69, 9.17) is 5.73 Å². The highest BCUT2D eigenvalue weighted by atomic mass is 32.2. The monoisotopic (exact) mass is 310 g/mol. The van der Waals surface area contributed by atoms with Crippen LogP contribution in [0.5, 0.6) is 0 Å². The summed E-state index contributed by atoms with van der Waals surface area (Å²) in [6.45, 7) is 0. The fraction of sp³-hybridized carbons (Fsp3) is 0.941. The average molecular weight is 311 g/mol. The van der Waals surface area contributed by atoms with Gasteiger partial charge in [-0.3, -0.25) is 4.79 Å². The minimum Gasteiger partial charge on any atom is -0.368 e. The normalized spacial score (nSPS) is 33.6. The molecule has 0 aliphatic heterocycles. The molecule has 0 spiro atoms. The minimum absolute atomic E-state index is 0.0994. The molecular formula is C17H30N2OS. The van der Waals surface area contributed by atoms with Crippen molar-refractivity contribution >= 4 is 17.7 Å². The first-order chi connectivity index (χ1) is 10.2. The Bertz CT molecular complexity index is 366. The van der Waals surface area contributed by atoms with Gasteiger partial charge in [0.2, 0.25) is 5.91 Å². The molecule has 0 bridgehead atoms. The van der Waals surface area contributed by atoms with Crippen molar-refractivity contribution in [3.8, 4) is 0 Å². The summed E-state index contributed by atoms with van der Waals surface area (Å²) in [5.74, 6) is 3.85. The molecule has 0 radical (unpaired) electrons. The van der Waals surface area contributed by atoms with Crippen LogP contribution in [0.3, 0.4) is 0 Å². The second-order valence-electron chi connectivity index (χ2n) is 7.36.